The first-order chi connectivity index (χ1) is 15.6. The van der Waals surface area contributed by atoms with Crippen LogP contribution in [0.15, 0.2) is 47.5 Å². The van der Waals surface area contributed by atoms with Gasteiger partial charge in [0.15, 0.2) is 0 Å². The summed E-state index contributed by atoms with van der Waals surface area (Å²) in [6.45, 7) is 0.435. The summed E-state index contributed by atoms with van der Waals surface area (Å²) in [4.78, 5) is 22.7. The van der Waals surface area contributed by atoms with Gasteiger partial charge in [0.05, 0.1) is 40.0 Å². The van der Waals surface area contributed by atoms with Gasteiger partial charge in [-0.15, -0.1) is 10.2 Å². The van der Waals surface area contributed by atoms with Crippen LogP contribution < -0.4 is 0 Å². The van der Waals surface area contributed by atoms with Crippen LogP contribution in [0.2, 0.25) is 5.02 Å². The van der Waals surface area contributed by atoms with E-state index in [2.05, 4.69) is 30.4 Å². The molecule has 5 aromatic heterocycles. The third-order valence-electron chi connectivity index (χ3n) is 5.49. The van der Waals surface area contributed by atoms with Crippen molar-refractivity contribution in [2.75, 3.05) is 6.54 Å². The molecule has 0 fully saturated rings. The van der Waals surface area contributed by atoms with Gasteiger partial charge in [-0.2, -0.15) is 10.2 Å². The summed E-state index contributed by atoms with van der Waals surface area (Å²) in [6, 6.07) is 4.95. The molecule has 1 amide bonds. The Morgan fingerprint density at radius 2 is 2.25 bits per heavy atom. The Morgan fingerprint density at radius 3 is 3.06 bits per heavy atom. The van der Waals surface area contributed by atoms with E-state index < -0.39 is 11.9 Å². The van der Waals surface area contributed by atoms with Crippen LogP contribution in [0.25, 0.3) is 17.0 Å². The fraction of sp³-hybridized carbons (Fsp3) is 0.200. The SMILES string of the molecule is Cn1cc(-c2nnc(C(=O)N3CCc4[nH]cnc4[C@@H]3c3cc4c(Cl)cccn4n3)o2)cn1. The Kier molecular flexibility index (Phi) is 4.12. The lowest BCUT2D eigenvalue weighted by molar-refractivity contribution is 0.0646. The average Bonchev–Trinajstić information content (AvgIpc) is 3.57. The van der Waals surface area contributed by atoms with Crippen molar-refractivity contribution in [1.29, 1.82) is 0 Å². The molecule has 6 heterocycles. The minimum absolute atomic E-state index is 0.102. The number of H-pyrrole nitrogens is 1. The third kappa shape index (κ3) is 2.89. The molecule has 0 unspecified atom stereocenters. The zero-order chi connectivity index (χ0) is 21.8. The zero-order valence-electron chi connectivity index (χ0n) is 16.8. The van der Waals surface area contributed by atoms with E-state index in [1.165, 1.54) is 0 Å². The smallest absolute Gasteiger partial charge is 0.312 e. The number of carbonyl (C=O) groups is 1. The first-order valence-electron chi connectivity index (χ1n) is 9.88. The minimum Gasteiger partial charge on any atom is -0.412 e. The number of hydrogen-bond donors (Lipinski definition) is 1. The molecule has 1 atom stereocenters. The van der Waals surface area contributed by atoms with Crippen LogP contribution >= 0.6 is 11.6 Å². The van der Waals surface area contributed by atoms with Gasteiger partial charge in [-0.3, -0.25) is 9.48 Å². The van der Waals surface area contributed by atoms with Crippen molar-refractivity contribution < 1.29 is 9.21 Å². The molecule has 5 aromatic rings. The van der Waals surface area contributed by atoms with E-state index in [9.17, 15) is 4.79 Å². The van der Waals surface area contributed by atoms with Crippen molar-refractivity contribution in [2.45, 2.75) is 12.5 Å². The van der Waals surface area contributed by atoms with Crippen molar-refractivity contribution in [3.8, 4) is 11.5 Å². The lowest BCUT2D eigenvalue weighted by atomic mass is 9.99. The van der Waals surface area contributed by atoms with Gasteiger partial charge in [-0.05, 0) is 18.2 Å². The molecule has 0 bridgehead atoms. The number of rotatable bonds is 3. The highest BCUT2D eigenvalue weighted by atomic mass is 35.5. The highest BCUT2D eigenvalue weighted by molar-refractivity contribution is 6.33. The molecular weight excluding hydrogens is 434 g/mol. The Balaban J connectivity index is 1.41. The number of carbonyl (C=O) groups excluding carboxylic acids is 1. The zero-order valence-corrected chi connectivity index (χ0v) is 17.6. The van der Waals surface area contributed by atoms with E-state index in [1.54, 1.807) is 45.9 Å². The van der Waals surface area contributed by atoms with Crippen LogP contribution in [0.4, 0.5) is 0 Å². The largest absolute Gasteiger partial charge is 0.412 e. The highest BCUT2D eigenvalue weighted by Gasteiger charge is 2.38. The number of pyridine rings is 1. The van der Waals surface area contributed by atoms with Gasteiger partial charge >= 0.3 is 11.8 Å². The second-order valence-electron chi connectivity index (χ2n) is 7.49. The molecule has 6 rings (SSSR count). The number of nitrogens with zero attached hydrogens (tertiary/aromatic N) is 8. The van der Waals surface area contributed by atoms with E-state index >= 15 is 0 Å². The number of fused-ring (bicyclic) bond motifs is 2. The standard InChI is InChI=1S/C20H16ClN9O2/c1-28-9-11(8-24-28)18-25-26-19(32-18)20(31)29-6-4-13-16(23-10-22-13)17(29)14-7-15-12(21)3-2-5-30(15)27-14/h2-3,5,7-10,17H,4,6H2,1H3,(H,22,23)/t17-/m0/s1. The topological polar surface area (TPSA) is 123 Å². The Hall–Kier alpha value is -3.99. The van der Waals surface area contributed by atoms with E-state index in [-0.39, 0.29) is 11.8 Å². The normalized spacial score (nSPS) is 15.9. The summed E-state index contributed by atoms with van der Waals surface area (Å²) in [7, 11) is 1.78. The Labute approximate surface area is 185 Å². The summed E-state index contributed by atoms with van der Waals surface area (Å²) in [6.07, 6.45) is 7.39. The van der Waals surface area contributed by atoms with Crippen LogP contribution in [0.5, 0.6) is 0 Å². The fourth-order valence-corrected chi connectivity index (χ4v) is 4.22. The van der Waals surface area contributed by atoms with Gasteiger partial charge < -0.3 is 14.3 Å². The molecular formula is C20H16ClN9O2. The van der Waals surface area contributed by atoms with Crippen molar-refractivity contribution in [1.82, 2.24) is 44.5 Å². The van der Waals surface area contributed by atoms with Gasteiger partial charge in [-0.25, -0.2) is 9.50 Å². The van der Waals surface area contributed by atoms with Crippen LogP contribution in [0, 0.1) is 0 Å². The van der Waals surface area contributed by atoms with Crippen LogP contribution in [0.1, 0.15) is 33.8 Å². The summed E-state index contributed by atoms with van der Waals surface area (Å²) in [5.74, 6) is -0.265. The monoisotopic (exact) mass is 449 g/mol. The number of nitrogens with one attached hydrogen (secondary N) is 1. The van der Waals surface area contributed by atoms with E-state index in [0.717, 1.165) is 16.9 Å². The maximum absolute atomic E-state index is 13.5. The van der Waals surface area contributed by atoms with Crippen molar-refractivity contribution in [3.63, 3.8) is 0 Å². The number of halogens is 1. The lowest BCUT2D eigenvalue weighted by Gasteiger charge is -2.32. The van der Waals surface area contributed by atoms with Crippen LogP contribution in [-0.2, 0) is 13.5 Å². The Morgan fingerprint density at radius 1 is 1.34 bits per heavy atom. The van der Waals surface area contributed by atoms with Gasteiger partial charge in [0.1, 0.15) is 6.04 Å². The lowest BCUT2D eigenvalue weighted by Crippen LogP contribution is -2.41. The molecule has 0 saturated heterocycles. The molecule has 160 valence electrons. The summed E-state index contributed by atoms with van der Waals surface area (Å²) < 4.78 is 9.00. The van der Waals surface area contributed by atoms with Crippen molar-refractivity contribution >= 4 is 23.0 Å². The molecule has 0 radical (unpaired) electrons. The van der Waals surface area contributed by atoms with Gasteiger partial charge in [0.25, 0.3) is 5.89 Å². The maximum atomic E-state index is 13.5. The number of amides is 1. The molecule has 1 N–H and O–H groups in total. The van der Waals surface area contributed by atoms with Gasteiger partial charge in [0, 0.05) is 38.1 Å². The second kappa shape index (κ2) is 7.02. The minimum atomic E-state index is -0.526. The van der Waals surface area contributed by atoms with Crippen LogP contribution in [0.3, 0.4) is 0 Å². The van der Waals surface area contributed by atoms with E-state index in [1.807, 2.05) is 18.3 Å². The molecule has 0 saturated carbocycles. The van der Waals surface area contributed by atoms with E-state index in [0.29, 0.717) is 29.2 Å². The summed E-state index contributed by atoms with van der Waals surface area (Å²) >= 11 is 6.34. The maximum Gasteiger partial charge on any atom is 0.312 e. The Bertz CT molecular complexity index is 1460. The van der Waals surface area contributed by atoms with Gasteiger partial charge in [0.2, 0.25) is 0 Å². The molecule has 0 spiro atoms. The number of aromatic nitrogens is 8. The fourth-order valence-electron chi connectivity index (χ4n) is 4.01. The first kappa shape index (κ1) is 18.8. The van der Waals surface area contributed by atoms with Crippen LogP contribution in [-0.4, -0.2) is 56.9 Å². The molecule has 1 aliphatic heterocycles. The highest BCUT2D eigenvalue weighted by Crippen LogP contribution is 2.35. The number of aromatic amines is 1. The van der Waals surface area contributed by atoms with E-state index in [4.69, 9.17) is 16.0 Å². The predicted octanol–water partition coefficient (Wildman–Crippen LogP) is 2.28. The van der Waals surface area contributed by atoms with Gasteiger partial charge in [-0.1, -0.05) is 11.6 Å². The predicted molar refractivity (Wildman–Crippen MR) is 112 cm³/mol. The molecule has 11 nitrogen and oxygen atoms in total. The summed E-state index contributed by atoms with van der Waals surface area (Å²) in [5, 5.41) is 17.3. The molecule has 0 aromatic carbocycles. The first-order valence-corrected chi connectivity index (χ1v) is 10.3. The number of imidazole rings is 1. The molecule has 0 aliphatic carbocycles. The molecule has 1 aliphatic rings. The number of aryl methyl sites for hydroxylation is 1. The quantitative estimate of drug-likeness (QED) is 0.448. The molecule has 32 heavy (non-hydrogen) atoms. The van der Waals surface area contributed by atoms with Crippen molar-refractivity contribution in [3.05, 3.63) is 71.1 Å². The van der Waals surface area contributed by atoms with Crippen molar-refractivity contribution in [2.24, 2.45) is 7.05 Å². The third-order valence-corrected chi connectivity index (χ3v) is 5.81. The summed E-state index contributed by atoms with van der Waals surface area (Å²) in [5.41, 5.74) is 3.72. The molecule has 12 heteroatoms. The number of hydrogen-bond acceptors (Lipinski definition) is 7. The average molecular weight is 450 g/mol. The second-order valence-corrected chi connectivity index (χ2v) is 7.89.